The lowest BCUT2D eigenvalue weighted by Crippen LogP contribution is -2.36. The van der Waals surface area contributed by atoms with Crippen LogP contribution in [0.3, 0.4) is 0 Å². The van der Waals surface area contributed by atoms with E-state index >= 15 is 0 Å². The van der Waals surface area contributed by atoms with Crippen LogP contribution >= 0.6 is 11.3 Å². The highest BCUT2D eigenvalue weighted by molar-refractivity contribution is 7.14. The number of hydrogen-bond acceptors (Lipinski definition) is 3. The molecule has 28 heavy (non-hydrogen) atoms. The molecule has 5 heteroatoms. The van der Waals surface area contributed by atoms with Gasteiger partial charge in [-0.15, -0.1) is 11.3 Å². The lowest BCUT2D eigenvalue weighted by atomic mass is 9.99. The Bertz CT molecular complexity index is 835. The molecule has 0 saturated heterocycles. The molecule has 1 aromatic heterocycles. The van der Waals surface area contributed by atoms with Crippen molar-refractivity contribution in [2.75, 3.05) is 13.1 Å². The Balaban J connectivity index is 1.21. The van der Waals surface area contributed by atoms with Gasteiger partial charge in [0.15, 0.2) is 0 Å². The van der Waals surface area contributed by atoms with Crippen LogP contribution in [0.25, 0.3) is 0 Å². The minimum absolute atomic E-state index is 0.0115. The molecule has 2 heterocycles. The van der Waals surface area contributed by atoms with Crippen molar-refractivity contribution in [2.45, 2.75) is 57.9 Å². The first kappa shape index (κ1) is 19.2. The summed E-state index contributed by atoms with van der Waals surface area (Å²) in [6.07, 6.45) is 8.08. The van der Waals surface area contributed by atoms with Crippen molar-refractivity contribution in [2.24, 2.45) is 0 Å². The van der Waals surface area contributed by atoms with E-state index in [-0.39, 0.29) is 11.8 Å². The van der Waals surface area contributed by atoms with Crippen molar-refractivity contribution in [3.63, 3.8) is 0 Å². The lowest BCUT2D eigenvalue weighted by Gasteiger charge is -2.29. The molecule has 0 atom stereocenters. The van der Waals surface area contributed by atoms with Gasteiger partial charge in [0, 0.05) is 30.9 Å². The second kappa shape index (κ2) is 8.91. The van der Waals surface area contributed by atoms with Gasteiger partial charge in [-0.2, -0.15) is 0 Å². The highest BCUT2D eigenvalue weighted by Gasteiger charge is 2.20. The van der Waals surface area contributed by atoms with Gasteiger partial charge in [0.1, 0.15) is 0 Å². The molecule has 0 saturated carbocycles. The molecule has 0 unspecified atom stereocenters. The number of hydrogen-bond donors (Lipinski definition) is 1. The van der Waals surface area contributed by atoms with Gasteiger partial charge in [-0.1, -0.05) is 30.7 Å². The Hall–Kier alpha value is -2.14. The lowest BCUT2D eigenvalue weighted by molar-refractivity contribution is -0.132. The predicted molar refractivity (Wildman–Crippen MR) is 113 cm³/mol. The highest BCUT2D eigenvalue weighted by atomic mass is 32.1. The van der Waals surface area contributed by atoms with Gasteiger partial charge in [-0.3, -0.25) is 9.59 Å². The van der Waals surface area contributed by atoms with E-state index in [0.717, 1.165) is 30.7 Å². The van der Waals surface area contributed by atoms with Gasteiger partial charge in [-0.05, 0) is 61.3 Å². The van der Waals surface area contributed by atoms with Crippen LogP contribution in [0.4, 0.5) is 0 Å². The molecule has 0 fully saturated rings. The third-order valence-electron chi connectivity index (χ3n) is 5.81. The number of aryl methyl sites for hydroxylation is 2. The van der Waals surface area contributed by atoms with Gasteiger partial charge in [-0.25, -0.2) is 0 Å². The molecule has 1 aromatic carbocycles. The maximum atomic E-state index is 12.5. The summed E-state index contributed by atoms with van der Waals surface area (Å²) in [7, 11) is 0. The number of fused-ring (bicyclic) bond motifs is 2. The van der Waals surface area contributed by atoms with Crippen LogP contribution in [0, 0.1) is 0 Å². The molecule has 4 rings (SSSR count). The predicted octanol–water partition coefficient (Wildman–Crippen LogP) is 4.11. The summed E-state index contributed by atoms with van der Waals surface area (Å²) in [6.45, 7) is 2.06. The summed E-state index contributed by atoms with van der Waals surface area (Å²) in [5, 5.41) is 3.00. The first-order chi connectivity index (χ1) is 13.7. The van der Waals surface area contributed by atoms with Gasteiger partial charge in [0.05, 0.1) is 4.88 Å². The fourth-order valence-electron chi connectivity index (χ4n) is 4.17. The Kier molecular flexibility index (Phi) is 6.10. The smallest absolute Gasteiger partial charge is 0.261 e. The Morgan fingerprint density at radius 3 is 2.71 bits per heavy atom. The van der Waals surface area contributed by atoms with Gasteiger partial charge in [0.2, 0.25) is 5.91 Å². The van der Waals surface area contributed by atoms with E-state index in [0.29, 0.717) is 25.9 Å². The molecule has 2 aromatic rings. The van der Waals surface area contributed by atoms with Gasteiger partial charge >= 0.3 is 0 Å². The number of thiophene rings is 1. The van der Waals surface area contributed by atoms with Crippen molar-refractivity contribution in [3.05, 3.63) is 56.8 Å². The fourth-order valence-corrected chi connectivity index (χ4v) is 5.34. The van der Waals surface area contributed by atoms with Crippen LogP contribution in [-0.2, 0) is 30.6 Å². The number of benzene rings is 1. The molecule has 0 spiro atoms. The summed E-state index contributed by atoms with van der Waals surface area (Å²) < 4.78 is 0. The van der Waals surface area contributed by atoms with Crippen molar-refractivity contribution in [1.29, 1.82) is 0 Å². The molecule has 2 aliphatic rings. The second-order valence-corrected chi connectivity index (χ2v) is 8.95. The molecule has 1 aliphatic carbocycles. The van der Waals surface area contributed by atoms with Crippen LogP contribution in [0.1, 0.15) is 63.3 Å². The number of rotatable bonds is 5. The summed E-state index contributed by atoms with van der Waals surface area (Å²) in [6, 6.07) is 10.4. The third-order valence-corrected chi connectivity index (χ3v) is 7.04. The minimum atomic E-state index is 0.0115. The van der Waals surface area contributed by atoms with Crippen molar-refractivity contribution < 1.29 is 9.59 Å². The number of nitrogens with one attached hydrogen (secondary N) is 1. The molecule has 1 aliphatic heterocycles. The summed E-state index contributed by atoms with van der Waals surface area (Å²) in [5.41, 5.74) is 3.98. The third kappa shape index (κ3) is 4.46. The number of amides is 2. The minimum Gasteiger partial charge on any atom is -0.351 e. The fraction of sp³-hybridized carbons (Fsp3) is 0.478. The van der Waals surface area contributed by atoms with Crippen LogP contribution in [0.5, 0.6) is 0 Å². The molecular weight excluding hydrogens is 368 g/mol. The first-order valence-corrected chi connectivity index (χ1v) is 11.3. The maximum Gasteiger partial charge on any atom is 0.261 e. The van der Waals surface area contributed by atoms with E-state index in [4.69, 9.17) is 0 Å². The summed E-state index contributed by atoms with van der Waals surface area (Å²) in [4.78, 5) is 29.1. The molecular formula is C23H28N2O2S. The van der Waals surface area contributed by atoms with Gasteiger partial charge in [0.25, 0.3) is 5.91 Å². The molecule has 2 amide bonds. The maximum absolute atomic E-state index is 12.5. The van der Waals surface area contributed by atoms with Crippen LogP contribution in [0.2, 0.25) is 0 Å². The van der Waals surface area contributed by atoms with E-state index < -0.39 is 0 Å². The summed E-state index contributed by atoms with van der Waals surface area (Å²) in [5.74, 6) is 0.198. The van der Waals surface area contributed by atoms with Crippen molar-refractivity contribution >= 4 is 23.2 Å². The van der Waals surface area contributed by atoms with Crippen molar-refractivity contribution in [1.82, 2.24) is 10.2 Å². The standard InChI is InChI=1S/C23H28N2O2S/c26-22(25-14-12-17-7-4-5-9-19(17)16-25)11-6-13-24-23(27)21-15-18-8-2-1-3-10-20(18)28-21/h4-5,7,9,15H,1-3,6,8,10-14,16H2,(H,24,27). The molecule has 1 N–H and O–H groups in total. The molecule has 0 radical (unpaired) electrons. The van der Waals surface area contributed by atoms with Crippen LogP contribution < -0.4 is 5.32 Å². The van der Waals surface area contributed by atoms with Crippen LogP contribution in [0.15, 0.2) is 30.3 Å². The quantitative estimate of drug-likeness (QED) is 0.611. The van der Waals surface area contributed by atoms with E-state index in [1.807, 2.05) is 11.0 Å². The van der Waals surface area contributed by atoms with E-state index in [2.05, 4.69) is 29.6 Å². The first-order valence-electron chi connectivity index (χ1n) is 10.4. The average Bonchev–Trinajstić information content (AvgIpc) is 3.01. The number of carbonyl (C=O) groups is 2. The Morgan fingerprint density at radius 1 is 1.00 bits per heavy atom. The van der Waals surface area contributed by atoms with Gasteiger partial charge < -0.3 is 10.2 Å². The van der Waals surface area contributed by atoms with E-state index in [1.165, 1.54) is 40.8 Å². The zero-order valence-electron chi connectivity index (χ0n) is 16.3. The summed E-state index contributed by atoms with van der Waals surface area (Å²) >= 11 is 1.65. The molecule has 4 nitrogen and oxygen atoms in total. The largest absolute Gasteiger partial charge is 0.351 e. The number of carbonyl (C=O) groups excluding carboxylic acids is 2. The molecule has 148 valence electrons. The monoisotopic (exact) mass is 396 g/mol. The normalized spacial score (nSPS) is 16.1. The van der Waals surface area contributed by atoms with Crippen LogP contribution in [-0.4, -0.2) is 29.8 Å². The Morgan fingerprint density at radius 2 is 1.82 bits per heavy atom. The molecule has 0 bridgehead atoms. The average molecular weight is 397 g/mol. The Labute approximate surface area is 170 Å². The topological polar surface area (TPSA) is 49.4 Å². The zero-order valence-corrected chi connectivity index (χ0v) is 17.2. The zero-order chi connectivity index (χ0) is 19.3. The highest BCUT2D eigenvalue weighted by Crippen LogP contribution is 2.29. The van der Waals surface area contributed by atoms with E-state index in [9.17, 15) is 9.59 Å². The SMILES string of the molecule is O=C(NCCCC(=O)N1CCc2ccccc2C1)c1cc2c(s1)CCCCC2. The van der Waals surface area contributed by atoms with Crippen molar-refractivity contribution in [3.8, 4) is 0 Å². The number of nitrogens with zero attached hydrogens (tertiary/aromatic N) is 1. The second-order valence-electron chi connectivity index (χ2n) is 7.81. The van der Waals surface area contributed by atoms with E-state index in [1.54, 1.807) is 11.3 Å².